The Kier molecular flexibility index (Phi) is 4.02. The van der Waals surface area contributed by atoms with Gasteiger partial charge in [0, 0.05) is 7.05 Å². The minimum absolute atomic E-state index is 0.505. The van der Waals surface area contributed by atoms with Crippen LogP contribution in [0.1, 0.15) is 18.6 Å². The molecule has 3 heteroatoms. The number of aliphatic hydroxyl groups is 1. The molecule has 0 aliphatic rings. The third-order valence-electron chi connectivity index (χ3n) is 2.19. The fraction of sp³-hybridized carbons (Fsp3) is 0.333. The fourth-order valence-electron chi connectivity index (χ4n) is 1.31. The molecule has 1 N–H and O–H groups in total. The lowest BCUT2D eigenvalue weighted by Gasteiger charge is -2.18. The van der Waals surface area contributed by atoms with Crippen LogP contribution in [0.4, 0.5) is 5.69 Å². The highest BCUT2D eigenvalue weighted by Crippen LogP contribution is 2.28. The van der Waals surface area contributed by atoms with Crippen LogP contribution in [0.25, 0.3) is 0 Å². The van der Waals surface area contributed by atoms with Gasteiger partial charge >= 0.3 is 0 Å². The topological polar surface area (TPSA) is 23.5 Å². The van der Waals surface area contributed by atoms with E-state index in [1.165, 1.54) is 0 Å². The normalized spacial score (nSPS) is 11.9. The molecule has 0 unspecified atom stereocenters. The molecule has 0 aromatic heterocycles. The SMILES string of the molecule is C#CCN(C)c1ccc([C@H](C)O)cc1Cl. The lowest BCUT2D eigenvalue weighted by atomic mass is 10.1. The number of hydrogen-bond acceptors (Lipinski definition) is 2. The first-order valence-corrected chi connectivity index (χ1v) is 5.06. The molecule has 0 radical (unpaired) electrons. The van der Waals surface area contributed by atoms with Gasteiger partial charge < -0.3 is 10.0 Å². The summed E-state index contributed by atoms with van der Waals surface area (Å²) in [5, 5.41) is 9.98. The number of terminal acetylenes is 1. The number of aliphatic hydroxyl groups excluding tert-OH is 1. The standard InChI is InChI=1S/C12H14ClNO/c1-4-7-14(3)12-6-5-10(9(2)15)8-11(12)13/h1,5-6,8-9,15H,7H2,2-3H3/t9-/m0/s1. The fourth-order valence-corrected chi connectivity index (χ4v) is 1.65. The predicted octanol–water partition coefficient (Wildman–Crippen LogP) is 2.46. The van der Waals surface area contributed by atoms with Crippen LogP contribution in [-0.2, 0) is 0 Å². The summed E-state index contributed by atoms with van der Waals surface area (Å²) in [5.41, 5.74) is 1.68. The Balaban J connectivity index is 2.98. The minimum atomic E-state index is -0.505. The van der Waals surface area contributed by atoms with E-state index < -0.39 is 6.10 Å². The zero-order valence-electron chi connectivity index (χ0n) is 8.87. The summed E-state index contributed by atoms with van der Waals surface area (Å²) in [5.74, 6) is 2.55. The first kappa shape index (κ1) is 11.9. The maximum absolute atomic E-state index is 9.38. The van der Waals surface area contributed by atoms with Crippen molar-refractivity contribution in [3.05, 3.63) is 28.8 Å². The van der Waals surface area contributed by atoms with Gasteiger partial charge in [0.2, 0.25) is 0 Å². The van der Waals surface area contributed by atoms with Crippen molar-refractivity contribution in [2.45, 2.75) is 13.0 Å². The molecule has 0 aliphatic carbocycles. The summed E-state index contributed by atoms with van der Waals surface area (Å²) in [4.78, 5) is 1.88. The minimum Gasteiger partial charge on any atom is -0.389 e. The summed E-state index contributed by atoms with van der Waals surface area (Å²) < 4.78 is 0. The molecule has 0 saturated heterocycles. The van der Waals surface area contributed by atoms with Gasteiger partial charge in [0.1, 0.15) is 0 Å². The van der Waals surface area contributed by atoms with E-state index in [1.54, 1.807) is 13.0 Å². The highest BCUT2D eigenvalue weighted by molar-refractivity contribution is 6.33. The second-order valence-corrected chi connectivity index (χ2v) is 3.85. The van der Waals surface area contributed by atoms with Crippen molar-refractivity contribution in [2.24, 2.45) is 0 Å². The summed E-state index contributed by atoms with van der Waals surface area (Å²) in [6, 6.07) is 5.47. The number of hydrogen-bond donors (Lipinski definition) is 1. The average Bonchev–Trinajstić information content (AvgIpc) is 2.17. The molecule has 0 saturated carbocycles. The molecule has 0 amide bonds. The van der Waals surface area contributed by atoms with Gasteiger partial charge in [-0.15, -0.1) is 6.42 Å². The molecule has 0 aliphatic heterocycles. The summed E-state index contributed by atoms with van der Waals surface area (Å²) in [6.45, 7) is 2.21. The molecule has 2 nitrogen and oxygen atoms in total. The highest BCUT2D eigenvalue weighted by Gasteiger charge is 2.08. The Hall–Kier alpha value is -1.17. The summed E-state index contributed by atoms with van der Waals surface area (Å²) >= 11 is 6.08. The van der Waals surface area contributed by atoms with E-state index in [2.05, 4.69) is 5.92 Å². The van der Waals surface area contributed by atoms with Crippen molar-refractivity contribution >= 4 is 17.3 Å². The summed E-state index contributed by atoms with van der Waals surface area (Å²) in [7, 11) is 1.88. The molecule has 0 spiro atoms. The lowest BCUT2D eigenvalue weighted by molar-refractivity contribution is 0.199. The van der Waals surface area contributed by atoms with Gasteiger partial charge in [-0.3, -0.25) is 0 Å². The van der Waals surface area contributed by atoms with Gasteiger partial charge in [-0.1, -0.05) is 23.6 Å². The molecule has 0 bridgehead atoms. The van der Waals surface area contributed by atoms with Crippen molar-refractivity contribution < 1.29 is 5.11 Å². The Morgan fingerprint density at radius 3 is 2.73 bits per heavy atom. The van der Waals surface area contributed by atoms with Gasteiger partial charge in [-0.25, -0.2) is 0 Å². The second kappa shape index (κ2) is 5.06. The van der Waals surface area contributed by atoms with Crippen molar-refractivity contribution in [3.63, 3.8) is 0 Å². The smallest absolute Gasteiger partial charge is 0.0788 e. The molecular weight excluding hydrogens is 210 g/mol. The molecule has 80 valence electrons. The van der Waals surface area contributed by atoms with Crippen LogP contribution in [-0.4, -0.2) is 18.7 Å². The van der Waals surface area contributed by atoms with Crippen molar-refractivity contribution in [2.75, 3.05) is 18.5 Å². The Morgan fingerprint density at radius 2 is 2.27 bits per heavy atom. The molecule has 1 aromatic carbocycles. The zero-order valence-corrected chi connectivity index (χ0v) is 9.62. The number of rotatable bonds is 3. The first-order valence-electron chi connectivity index (χ1n) is 4.68. The lowest BCUT2D eigenvalue weighted by Crippen LogP contribution is -2.17. The van der Waals surface area contributed by atoms with Crippen molar-refractivity contribution in [1.82, 2.24) is 0 Å². The van der Waals surface area contributed by atoms with E-state index in [-0.39, 0.29) is 0 Å². The molecule has 15 heavy (non-hydrogen) atoms. The molecule has 0 heterocycles. The van der Waals surface area contributed by atoms with E-state index in [0.29, 0.717) is 11.6 Å². The van der Waals surface area contributed by atoms with Gasteiger partial charge in [0.15, 0.2) is 0 Å². The van der Waals surface area contributed by atoms with Gasteiger partial charge in [0.25, 0.3) is 0 Å². The maximum atomic E-state index is 9.38. The first-order chi connectivity index (χ1) is 7.06. The van der Waals surface area contributed by atoms with E-state index in [4.69, 9.17) is 18.0 Å². The highest BCUT2D eigenvalue weighted by atomic mass is 35.5. The zero-order chi connectivity index (χ0) is 11.4. The molecule has 1 aromatic rings. The van der Waals surface area contributed by atoms with Crippen LogP contribution >= 0.6 is 11.6 Å². The molecule has 1 atom stereocenters. The van der Waals surface area contributed by atoms with Gasteiger partial charge in [-0.05, 0) is 24.6 Å². The van der Waals surface area contributed by atoms with E-state index >= 15 is 0 Å². The van der Waals surface area contributed by atoms with E-state index in [1.807, 2.05) is 24.1 Å². The maximum Gasteiger partial charge on any atom is 0.0788 e. The van der Waals surface area contributed by atoms with Crippen molar-refractivity contribution in [3.8, 4) is 12.3 Å². The second-order valence-electron chi connectivity index (χ2n) is 3.45. The Morgan fingerprint density at radius 1 is 1.60 bits per heavy atom. The van der Waals surface area contributed by atoms with Crippen LogP contribution in [0.15, 0.2) is 18.2 Å². The molecule has 1 rings (SSSR count). The van der Waals surface area contributed by atoms with Crippen LogP contribution in [0, 0.1) is 12.3 Å². The van der Waals surface area contributed by atoms with Crippen LogP contribution in [0.3, 0.4) is 0 Å². The Bertz CT molecular complexity index is 382. The number of benzene rings is 1. The van der Waals surface area contributed by atoms with Gasteiger partial charge in [-0.2, -0.15) is 0 Å². The van der Waals surface area contributed by atoms with Crippen LogP contribution < -0.4 is 4.90 Å². The molecular formula is C12H14ClNO. The number of nitrogens with zero attached hydrogens (tertiary/aromatic N) is 1. The van der Waals surface area contributed by atoms with Crippen LogP contribution in [0.2, 0.25) is 5.02 Å². The third-order valence-corrected chi connectivity index (χ3v) is 2.50. The number of halogens is 1. The van der Waals surface area contributed by atoms with Crippen molar-refractivity contribution in [1.29, 1.82) is 0 Å². The Labute approximate surface area is 95.5 Å². The van der Waals surface area contributed by atoms with Gasteiger partial charge in [0.05, 0.1) is 23.4 Å². The predicted molar refractivity (Wildman–Crippen MR) is 64.2 cm³/mol. The monoisotopic (exact) mass is 223 g/mol. The average molecular weight is 224 g/mol. The quantitative estimate of drug-likeness (QED) is 0.796. The van der Waals surface area contributed by atoms with Crippen LogP contribution in [0.5, 0.6) is 0 Å². The third kappa shape index (κ3) is 2.89. The van der Waals surface area contributed by atoms with E-state index in [9.17, 15) is 5.11 Å². The number of anilines is 1. The molecule has 0 fully saturated rings. The summed E-state index contributed by atoms with van der Waals surface area (Å²) in [6.07, 6.45) is 4.72. The van der Waals surface area contributed by atoms with E-state index in [0.717, 1.165) is 11.3 Å². The largest absolute Gasteiger partial charge is 0.389 e.